The largest absolute Gasteiger partial charge is 0.359 e. The normalized spacial score (nSPS) is 15.3. The van der Waals surface area contributed by atoms with Crippen molar-refractivity contribution < 1.29 is 4.74 Å². The molecule has 2 atom stereocenters. The van der Waals surface area contributed by atoms with Gasteiger partial charge in [-0.1, -0.05) is 101 Å². The minimum atomic E-state index is -0.404. The molecule has 0 aromatic heterocycles. The summed E-state index contributed by atoms with van der Waals surface area (Å²) < 4.78 is 7.24. The van der Waals surface area contributed by atoms with Crippen molar-refractivity contribution in [1.82, 2.24) is 0 Å². The highest BCUT2D eigenvalue weighted by Gasteiger charge is 2.42. The number of hydrogen-bond acceptors (Lipinski definition) is 1. The fourth-order valence-corrected chi connectivity index (χ4v) is 4.29. The standard InChI is InChI=1S/C28H38O/c1-7-19-27(23(3)4,21-25-15-11-9-12-16-25)29-28(20-8-2,24(5)6)22-26-17-13-10-14-18-26/h9-18H,3,5,7-8,19-22H2,1-2,4,6H3. The van der Waals surface area contributed by atoms with Gasteiger partial charge in [0.25, 0.3) is 0 Å². The Kier molecular flexibility index (Phi) is 8.46. The first-order valence-corrected chi connectivity index (χ1v) is 11.0. The number of ether oxygens (including phenoxy) is 1. The van der Waals surface area contributed by atoms with E-state index in [1.165, 1.54) is 11.1 Å². The van der Waals surface area contributed by atoms with Gasteiger partial charge in [0.1, 0.15) is 0 Å². The van der Waals surface area contributed by atoms with Crippen molar-refractivity contribution in [2.45, 2.75) is 77.4 Å². The fourth-order valence-electron chi connectivity index (χ4n) is 4.29. The van der Waals surface area contributed by atoms with Crippen LogP contribution < -0.4 is 0 Å². The van der Waals surface area contributed by atoms with Crippen molar-refractivity contribution in [2.24, 2.45) is 0 Å². The van der Waals surface area contributed by atoms with Gasteiger partial charge < -0.3 is 4.74 Å². The van der Waals surface area contributed by atoms with Crippen LogP contribution in [0, 0.1) is 0 Å². The molecule has 2 rings (SSSR count). The van der Waals surface area contributed by atoms with Crippen molar-refractivity contribution in [3.05, 3.63) is 96.1 Å². The SMILES string of the molecule is C=C(C)C(CCC)(Cc1ccccc1)OC(CCC)(Cc1ccccc1)C(=C)C. The van der Waals surface area contributed by atoms with Gasteiger partial charge in [-0.2, -0.15) is 0 Å². The second kappa shape index (κ2) is 10.6. The summed E-state index contributed by atoms with van der Waals surface area (Å²) in [5.41, 5.74) is 3.96. The quantitative estimate of drug-likeness (QED) is 0.337. The van der Waals surface area contributed by atoms with Crippen LogP contribution in [0.5, 0.6) is 0 Å². The van der Waals surface area contributed by atoms with E-state index in [1.54, 1.807) is 0 Å². The Morgan fingerprint density at radius 2 is 1.03 bits per heavy atom. The third-order valence-electron chi connectivity index (χ3n) is 5.92. The first-order valence-electron chi connectivity index (χ1n) is 11.0. The molecule has 0 fully saturated rings. The zero-order valence-corrected chi connectivity index (χ0v) is 18.8. The smallest absolute Gasteiger partial charge is 0.0938 e. The molecular formula is C28H38O. The van der Waals surface area contributed by atoms with E-state index in [0.717, 1.165) is 49.7 Å². The molecule has 0 saturated carbocycles. The van der Waals surface area contributed by atoms with Crippen molar-refractivity contribution in [3.63, 3.8) is 0 Å². The second-order valence-electron chi connectivity index (χ2n) is 8.48. The van der Waals surface area contributed by atoms with Crippen LogP contribution >= 0.6 is 0 Å². The van der Waals surface area contributed by atoms with E-state index in [4.69, 9.17) is 4.74 Å². The molecule has 0 aliphatic heterocycles. The molecule has 2 aromatic carbocycles. The van der Waals surface area contributed by atoms with E-state index >= 15 is 0 Å². The van der Waals surface area contributed by atoms with Gasteiger partial charge in [0.15, 0.2) is 0 Å². The molecular weight excluding hydrogens is 352 g/mol. The minimum absolute atomic E-state index is 0.404. The highest BCUT2D eigenvalue weighted by Crippen LogP contribution is 2.41. The average molecular weight is 391 g/mol. The lowest BCUT2D eigenvalue weighted by atomic mass is 9.79. The Morgan fingerprint density at radius 3 is 1.31 bits per heavy atom. The highest BCUT2D eigenvalue weighted by atomic mass is 16.5. The average Bonchev–Trinajstić information content (AvgIpc) is 2.69. The summed E-state index contributed by atoms with van der Waals surface area (Å²) in [6, 6.07) is 21.3. The molecule has 1 nitrogen and oxygen atoms in total. The molecule has 1 heteroatoms. The van der Waals surface area contributed by atoms with Crippen molar-refractivity contribution in [3.8, 4) is 0 Å². The van der Waals surface area contributed by atoms with Gasteiger partial charge in [0.05, 0.1) is 11.2 Å². The molecule has 0 bridgehead atoms. The van der Waals surface area contributed by atoms with Gasteiger partial charge in [-0.15, -0.1) is 0 Å². The minimum Gasteiger partial charge on any atom is -0.359 e. The Morgan fingerprint density at radius 1 is 0.690 bits per heavy atom. The lowest BCUT2D eigenvalue weighted by Gasteiger charge is -2.46. The van der Waals surface area contributed by atoms with Gasteiger partial charge in [0, 0.05) is 12.8 Å². The van der Waals surface area contributed by atoms with Crippen molar-refractivity contribution in [2.75, 3.05) is 0 Å². The van der Waals surface area contributed by atoms with Gasteiger partial charge >= 0.3 is 0 Å². The van der Waals surface area contributed by atoms with E-state index < -0.39 is 11.2 Å². The lowest BCUT2D eigenvalue weighted by molar-refractivity contribution is -0.127. The fraction of sp³-hybridized carbons (Fsp3) is 0.429. The molecule has 29 heavy (non-hydrogen) atoms. The Balaban J connectivity index is 2.50. The van der Waals surface area contributed by atoms with Crippen LogP contribution in [0.2, 0.25) is 0 Å². The maximum Gasteiger partial charge on any atom is 0.0938 e. The molecule has 0 saturated heterocycles. The van der Waals surface area contributed by atoms with Gasteiger partial charge in [-0.25, -0.2) is 0 Å². The highest BCUT2D eigenvalue weighted by molar-refractivity contribution is 5.27. The van der Waals surface area contributed by atoms with Gasteiger partial charge in [-0.3, -0.25) is 0 Å². The van der Waals surface area contributed by atoms with E-state index in [2.05, 4.69) is 102 Å². The predicted octanol–water partition coefficient (Wildman–Crippen LogP) is 7.72. The third kappa shape index (κ3) is 5.93. The summed E-state index contributed by atoms with van der Waals surface area (Å²) in [6.45, 7) is 17.5. The maximum absolute atomic E-state index is 7.24. The predicted molar refractivity (Wildman–Crippen MR) is 126 cm³/mol. The van der Waals surface area contributed by atoms with Gasteiger partial charge in [-0.05, 0) is 49.0 Å². The lowest BCUT2D eigenvalue weighted by Crippen LogP contribution is -2.48. The zero-order valence-electron chi connectivity index (χ0n) is 18.8. The van der Waals surface area contributed by atoms with Crippen LogP contribution in [0.1, 0.15) is 64.5 Å². The van der Waals surface area contributed by atoms with Crippen LogP contribution in [0.15, 0.2) is 85.0 Å². The summed E-state index contributed by atoms with van der Waals surface area (Å²) >= 11 is 0. The van der Waals surface area contributed by atoms with Crippen LogP contribution in [0.25, 0.3) is 0 Å². The van der Waals surface area contributed by atoms with E-state index in [-0.39, 0.29) is 0 Å². The Bertz CT molecular complexity index is 709. The van der Waals surface area contributed by atoms with Crippen LogP contribution in [-0.2, 0) is 17.6 Å². The number of hydrogen-bond donors (Lipinski definition) is 0. The topological polar surface area (TPSA) is 9.23 Å². The molecule has 0 aliphatic carbocycles. The van der Waals surface area contributed by atoms with Crippen LogP contribution in [-0.4, -0.2) is 11.2 Å². The monoisotopic (exact) mass is 390 g/mol. The summed E-state index contributed by atoms with van der Waals surface area (Å²) in [5, 5.41) is 0. The molecule has 0 spiro atoms. The Labute approximate surface area is 178 Å². The molecule has 0 heterocycles. The molecule has 2 aromatic rings. The molecule has 156 valence electrons. The number of benzene rings is 2. The summed E-state index contributed by atoms with van der Waals surface area (Å²) in [6.07, 6.45) is 5.66. The van der Waals surface area contributed by atoms with Crippen LogP contribution in [0.4, 0.5) is 0 Å². The third-order valence-corrected chi connectivity index (χ3v) is 5.92. The van der Waals surface area contributed by atoms with E-state index in [0.29, 0.717) is 0 Å². The first kappa shape index (κ1) is 23.2. The van der Waals surface area contributed by atoms with Crippen molar-refractivity contribution in [1.29, 1.82) is 0 Å². The summed E-state index contributed by atoms with van der Waals surface area (Å²) in [7, 11) is 0. The number of rotatable bonds is 12. The van der Waals surface area contributed by atoms with E-state index in [9.17, 15) is 0 Å². The molecule has 0 radical (unpaired) electrons. The Hall–Kier alpha value is -2.12. The zero-order chi connectivity index (χ0) is 21.3. The first-order chi connectivity index (χ1) is 13.9. The summed E-state index contributed by atoms with van der Waals surface area (Å²) in [5.74, 6) is 0. The second-order valence-corrected chi connectivity index (χ2v) is 8.48. The van der Waals surface area contributed by atoms with Gasteiger partial charge in [0.2, 0.25) is 0 Å². The molecule has 2 unspecified atom stereocenters. The molecule has 0 aliphatic rings. The van der Waals surface area contributed by atoms with Crippen molar-refractivity contribution >= 4 is 0 Å². The molecule has 0 N–H and O–H groups in total. The summed E-state index contributed by atoms with van der Waals surface area (Å²) in [4.78, 5) is 0. The molecule has 0 amide bonds. The maximum atomic E-state index is 7.24. The van der Waals surface area contributed by atoms with Crippen LogP contribution in [0.3, 0.4) is 0 Å². The van der Waals surface area contributed by atoms with E-state index in [1.807, 2.05) is 0 Å².